The first-order chi connectivity index (χ1) is 11.3. The van der Waals surface area contributed by atoms with Gasteiger partial charge in [-0.25, -0.2) is 4.98 Å². The summed E-state index contributed by atoms with van der Waals surface area (Å²) in [5, 5.41) is 1.12. The molecular formula is C17H15ClN4O. The van der Waals surface area contributed by atoms with Gasteiger partial charge in [0, 0.05) is 18.4 Å². The summed E-state index contributed by atoms with van der Waals surface area (Å²) < 4.78 is 5.34. The molecule has 3 aromatic rings. The first-order valence-electron chi connectivity index (χ1n) is 7.49. The van der Waals surface area contributed by atoms with Gasteiger partial charge in [0.25, 0.3) is 0 Å². The van der Waals surface area contributed by atoms with Gasteiger partial charge in [-0.3, -0.25) is 0 Å². The SMILES string of the molecule is [11CH3]Oc1ccc2c(c1)CCCN2c1nc(Cl)nc2ncccc12. The van der Waals surface area contributed by atoms with Crippen molar-refractivity contribution in [1.82, 2.24) is 15.0 Å². The zero-order valence-electron chi connectivity index (χ0n) is 12.7. The Bertz CT molecular complexity index is 884. The Hall–Kier alpha value is -2.40. The van der Waals surface area contributed by atoms with Crippen LogP contribution in [-0.4, -0.2) is 28.6 Å². The molecule has 4 rings (SSSR count). The van der Waals surface area contributed by atoms with E-state index in [1.165, 1.54) is 5.56 Å². The van der Waals surface area contributed by atoms with Crippen molar-refractivity contribution in [3.63, 3.8) is 0 Å². The molecule has 0 saturated carbocycles. The quantitative estimate of drug-likeness (QED) is 0.671. The van der Waals surface area contributed by atoms with E-state index in [4.69, 9.17) is 16.3 Å². The zero-order chi connectivity index (χ0) is 15.8. The van der Waals surface area contributed by atoms with Crippen LogP contribution in [0.4, 0.5) is 11.5 Å². The monoisotopic (exact) mass is 325 g/mol. The van der Waals surface area contributed by atoms with Gasteiger partial charge in [0.15, 0.2) is 5.65 Å². The maximum Gasteiger partial charge on any atom is 0.226 e. The first-order valence-corrected chi connectivity index (χ1v) is 7.87. The molecule has 0 fully saturated rings. The van der Waals surface area contributed by atoms with Gasteiger partial charge >= 0.3 is 0 Å². The number of rotatable bonds is 2. The van der Waals surface area contributed by atoms with E-state index < -0.39 is 0 Å². The standard InChI is InChI=1S/C17H15ClN4O/c1-23-12-6-7-14-11(10-12)4-3-9-22(14)16-13-5-2-8-19-15(13)20-17(18)21-16/h2,5-8,10H,3-4,9H2,1H3/i1-1. The number of pyridine rings is 1. The van der Waals surface area contributed by atoms with Crippen LogP contribution in [-0.2, 0) is 6.42 Å². The van der Waals surface area contributed by atoms with Crippen LogP contribution in [0.1, 0.15) is 12.0 Å². The molecule has 116 valence electrons. The molecule has 3 heterocycles. The maximum absolute atomic E-state index is 6.11. The molecule has 0 amide bonds. The van der Waals surface area contributed by atoms with E-state index in [2.05, 4.69) is 32.0 Å². The molecular weight excluding hydrogens is 311 g/mol. The lowest BCUT2D eigenvalue weighted by Crippen LogP contribution is -2.25. The Morgan fingerprint density at radius 3 is 3.00 bits per heavy atom. The summed E-state index contributed by atoms with van der Waals surface area (Å²) in [6.07, 6.45) is 3.78. The zero-order valence-corrected chi connectivity index (χ0v) is 13.4. The Morgan fingerprint density at radius 1 is 1.22 bits per heavy atom. The number of anilines is 2. The van der Waals surface area contributed by atoms with Crippen molar-refractivity contribution in [2.24, 2.45) is 0 Å². The van der Waals surface area contributed by atoms with Crippen LogP contribution >= 0.6 is 11.6 Å². The highest BCUT2D eigenvalue weighted by molar-refractivity contribution is 6.28. The van der Waals surface area contributed by atoms with Gasteiger partial charge in [-0.2, -0.15) is 9.97 Å². The van der Waals surface area contributed by atoms with Gasteiger partial charge in [-0.15, -0.1) is 0 Å². The van der Waals surface area contributed by atoms with E-state index in [0.717, 1.165) is 42.0 Å². The summed E-state index contributed by atoms with van der Waals surface area (Å²) in [5.74, 6) is 1.68. The van der Waals surface area contributed by atoms with Crippen LogP contribution < -0.4 is 9.64 Å². The second-order valence-corrected chi connectivity index (χ2v) is 5.78. The van der Waals surface area contributed by atoms with Gasteiger partial charge in [0.2, 0.25) is 5.28 Å². The van der Waals surface area contributed by atoms with Gasteiger partial charge < -0.3 is 9.64 Å². The van der Waals surface area contributed by atoms with Crippen LogP contribution in [0.5, 0.6) is 5.75 Å². The molecule has 0 aliphatic carbocycles. The van der Waals surface area contributed by atoms with E-state index >= 15 is 0 Å². The number of methoxy groups -OCH3 is 1. The van der Waals surface area contributed by atoms with Crippen molar-refractivity contribution in [1.29, 1.82) is 0 Å². The van der Waals surface area contributed by atoms with E-state index in [0.29, 0.717) is 5.65 Å². The maximum atomic E-state index is 6.11. The van der Waals surface area contributed by atoms with Crippen LogP contribution in [0.2, 0.25) is 5.28 Å². The average molecular weight is 326 g/mol. The number of halogens is 1. The number of ether oxygens (including phenoxy) is 1. The topological polar surface area (TPSA) is 51.1 Å². The van der Waals surface area contributed by atoms with E-state index in [1.54, 1.807) is 13.3 Å². The molecule has 0 atom stereocenters. The smallest absolute Gasteiger partial charge is 0.226 e. The minimum atomic E-state index is 0.215. The third kappa shape index (κ3) is 2.47. The first kappa shape index (κ1) is 14.2. The average Bonchev–Trinajstić information content (AvgIpc) is 2.60. The van der Waals surface area contributed by atoms with Crippen LogP contribution in [0, 0.1) is 0 Å². The van der Waals surface area contributed by atoms with E-state index in [1.807, 2.05) is 18.2 Å². The highest BCUT2D eigenvalue weighted by Gasteiger charge is 2.22. The minimum absolute atomic E-state index is 0.215. The van der Waals surface area contributed by atoms with Gasteiger partial charge in [-0.05, 0) is 60.3 Å². The molecule has 5 nitrogen and oxygen atoms in total. The third-order valence-electron chi connectivity index (χ3n) is 4.08. The number of hydrogen-bond acceptors (Lipinski definition) is 5. The Labute approximate surface area is 138 Å². The number of fused-ring (bicyclic) bond motifs is 2. The summed E-state index contributed by atoms with van der Waals surface area (Å²) in [6.45, 7) is 0.886. The molecule has 0 N–H and O–H groups in total. The van der Waals surface area contributed by atoms with Gasteiger partial charge in [0.05, 0.1) is 12.5 Å². The lowest BCUT2D eigenvalue weighted by molar-refractivity contribution is 0.414. The second kappa shape index (κ2) is 5.66. The Balaban J connectivity index is 1.90. The molecule has 6 heteroatoms. The van der Waals surface area contributed by atoms with Crippen molar-refractivity contribution >= 4 is 34.1 Å². The summed E-state index contributed by atoms with van der Waals surface area (Å²) >= 11 is 6.11. The second-order valence-electron chi connectivity index (χ2n) is 5.44. The van der Waals surface area contributed by atoms with Crippen molar-refractivity contribution in [2.45, 2.75) is 12.8 Å². The summed E-state index contributed by atoms with van der Waals surface area (Å²) in [4.78, 5) is 15.2. The molecule has 1 aromatic carbocycles. The molecule has 0 radical (unpaired) electrons. The Kier molecular flexibility index (Phi) is 3.50. The molecule has 0 bridgehead atoms. The number of hydrogen-bond donors (Lipinski definition) is 0. The number of nitrogens with zero attached hydrogens (tertiary/aromatic N) is 4. The lowest BCUT2D eigenvalue weighted by Gasteiger charge is -2.31. The summed E-state index contributed by atoms with van der Waals surface area (Å²) in [7, 11) is 1.69. The largest absolute Gasteiger partial charge is 0.497 e. The fraction of sp³-hybridized carbons (Fsp3) is 0.235. The van der Waals surface area contributed by atoms with Crippen molar-refractivity contribution in [2.75, 3.05) is 18.6 Å². The van der Waals surface area contributed by atoms with Gasteiger partial charge in [-0.1, -0.05) is 0 Å². The molecule has 1 aliphatic rings. The van der Waals surface area contributed by atoms with E-state index in [9.17, 15) is 0 Å². The lowest BCUT2D eigenvalue weighted by atomic mass is 10.0. The predicted octanol–water partition coefficient (Wildman–Crippen LogP) is 3.77. The normalized spacial score (nSPS) is 13.9. The molecule has 0 spiro atoms. The summed E-state index contributed by atoms with van der Waals surface area (Å²) in [6, 6.07) is 10.0. The minimum Gasteiger partial charge on any atom is -0.497 e. The van der Waals surface area contributed by atoms with Crippen LogP contribution in [0.3, 0.4) is 0 Å². The number of aromatic nitrogens is 3. The highest BCUT2D eigenvalue weighted by atomic mass is 35.5. The molecule has 0 unspecified atom stereocenters. The molecule has 23 heavy (non-hydrogen) atoms. The highest BCUT2D eigenvalue weighted by Crippen LogP contribution is 2.37. The number of aryl methyl sites for hydroxylation is 1. The van der Waals surface area contributed by atoms with Crippen molar-refractivity contribution < 1.29 is 4.74 Å². The number of benzene rings is 1. The van der Waals surface area contributed by atoms with Gasteiger partial charge in [0.1, 0.15) is 11.6 Å². The van der Waals surface area contributed by atoms with Crippen LogP contribution in [0.25, 0.3) is 11.0 Å². The Morgan fingerprint density at radius 2 is 2.13 bits per heavy atom. The predicted molar refractivity (Wildman–Crippen MR) is 90.7 cm³/mol. The van der Waals surface area contributed by atoms with E-state index in [-0.39, 0.29) is 5.28 Å². The van der Waals surface area contributed by atoms with Crippen molar-refractivity contribution in [3.8, 4) is 5.75 Å². The summed E-state index contributed by atoms with van der Waals surface area (Å²) in [5.41, 5.74) is 3.00. The third-order valence-corrected chi connectivity index (χ3v) is 4.25. The fourth-order valence-corrected chi connectivity index (χ4v) is 3.21. The molecule has 1 aliphatic heterocycles. The molecule has 0 saturated heterocycles. The molecule has 2 aromatic heterocycles. The van der Waals surface area contributed by atoms with Crippen LogP contribution in [0.15, 0.2) is 36.5 Å². The van der Waals surface area contributed by atoms with Crippen molar-refractivity contribution in [3.05, 3.63) is 47.4 Å². The fourth-order valence-electron chi connectivity index (χ4n) is 3.05.